The lowest BCUT2D eigenvalue weighted by molar-refractivity contribution is -0.163. The van der Waals surface area contributed by atoms with Crippen molar-refractivity contribution in [2.75, 3.05) is 11.9 Å². The summed E-state index contributed by atoms with van der Waals surface area (Å²) in [5.41, 5.74) is 0.708. The maximum atomic E-state index is 12.8. The monoisotopic (exact) mass is 279 g/mol. The molecule has 0 unspecified atom stereocenters. The first-order valence-electron chi connectivity index (χ1n) is 5.50. The van der Waals surface area contributed by atoms with E-state index in [1.807, 2.05) is 0 Å². The molecular formula is C12H13F4NO2. The highest BCUT2D eigenvalue weighted by molar-refractivity contribution is 5.97. The first-order valence-corrected chi connectivity index (χ1v) is 5.50. The smallest absolute Gasteiger partial charge is 0.383 e. The number of alkyl halides is 4. The molecule has 0 fully saturated rings. The van der Waals surface area contributed by atoms with E-state index in [0.29, 0.717) is 0 Å². The molecule has 0 saturated heterocycles. The number of carbonyl (C=O) groups excluding carboxylic acids is 1. The van der Waals surface area contributed by atoms with Gasteiger partial charge in [0.25, 0.3) is 0 Å². The van der Waals surface area contributed by atoms with Crippen molar-refractivity contribution in [2.45, 2.75) is 26.2 Å². The van der Waals surface area contributed by atoms with E-state index >= 15 is 0 Å². The minimum Gasteiger partial charge on any atom is -0.492 e. The number of ether oxygens (including phenoxy) is 1. The molecule has 1 amide bonds. The predicted molar refractivity (Wildman–Crippen MR) is 61.9 cm³/mol. The molecule has 0 bridgehead atoms. The molecule has 0 heterocycles. The number of hydrogen-bond acceptors (Lipinski definition) is 2. The number of anilines is 1. The van der Waals surface area contributed by atoms with Gasteiger partial charge in [0.1, 0.15) is 5.75 Å². The van der Waals surface area contributed by atoms with Crippen LogP contribution in [0.5, 0.6) is 5.75 Å². The van der Waals surface area contributed by atoms with Gasteiger partial charge in [0.2, 0.25) is 0 Å². The number of benzene rings is 1. The molecule has 19 heavy (non-hydrogen) atoms. The standard InChI is InChI=1S/C12H13F4NO2/c1-3-19-9-6-7(2)4-5-8(9)17-11(18)12(15,16)10(13)14/h4-6,10H,3H2,1-2H3,(H,17,18). The Morgan fingerprint density at radius 3 is 2.58 bits per heavy atom. The van der Waals surface area contributed by atoms with E-state index in [1.165, 1.54) is 12.1 Å². The third-order valence-electron chi connectivity index (χ3n) is 2.26. The van der Waals surface area contributed by atoms with Gasteiger partial charge >= 0.3 is 18.3 Å². The van der Waals surface area contributed by atoms with Crippen molar-refractivity contribution in [1.82, 2.24) is 0 Å². The van der Waals surface area contributed by atoms with Crippen LogP contribution >= 0.6 is 0 Å². The second-order valence-corrected chi connectivity index (χ2v) is 3.81. The highest BCUT2D eigenvalue weighted by Gasteiger charge is 2.49. The van der Waals surface area contributed by atoms with E-state index < -0.39 is 18.3 Å². The van der Waals surface area contributed by atoms with Crippen LogP contribution in [-0.2, 0) is 4.79 Å². The first kappa shape index (κ1) is 15.3. The zero-order chi connectivity index (χ0) is 14.6. The molecule has 0 atom stereocenters. The van der Waals surface area contributed by atoms with Crippen molar-refractivity contribution in [3.8, 4) is 5.75 Å². The van der Waals surface area contributed by atoms with Crippen LogP contribution in [0.3, 0.4) is 0 Å². The summed E-state index contributed by atoms with van der Waals surface area (Å²) in [6.07, 6.45) is -4.06. The zero-order valence-electron chi connectivity index (χ0n) is 10.3. The summed E-state index contributed by atoms with van der Waals surface area (Å²) in [4.78, 5) is 11.1. The lowest BCUT2D eigenvalue weighted by atomic mass is 10.2. The summed E-state index contributed by atoms with van der Waals surface area (Å²) in [6.45, 7) is 3.65. The minimum absolute atomic E-state index is 0.0715. The Morgan fingerprint density at radius 1 is 1.42 bits per heavy atom. The number of amides is 1. The van der Waals surface area contributed by atoms with Crippen LogP contribution in [-0.4, -0.2) is 24.9 Å². The molecule has 0 spiro atoms. The van der Waals surface area contributed by atoms with Crippen molar-refractivity contribution in [3.05, 3.63) is 23.8 Å². The molecule has 0 aliphatic carbocycles. The van der Waals surface area contributed by atoms with Crippen molar-refractivity contribution in [1.29, 1.82) is 0 Å². The summed E-state index contributed by atoms with van der Waals surface area (Å²) in [7, 11) is 0. The van der Waals surface area contributed by atoms with Crippen LogP contribution < -0.4 is 10.1 Å². The van der Waals surface area contributed by atoms with Crippen LogP contribution in [0.2, 0.25) is 0 Å². The molecule has 0 saturated carbocycles. The van der Waals surface area contributed by atoms with Crippen molar-refractivity contribution >= 4 is 11.6 Å². The minimum atomic E-state index is -4.74. The second kappa shape index (κ2) is 5.90. The van der Waals surface area contributed by atoms with E-state index in [9.17, 15) is 22.4 Å². The largest absolute Gasteiger partial charge is 0.492 e. The normalized spacial score (nSPS) is 11.5. The van der Waals surface area contributed by atoms with Crippen LogP contribution in [0, 0.1) is 6.92 Å². The van der Waals surface area contributed by atoms with Crippen molar-refractivity contribution in [2.24, 2.45) is 0 Å². The van der Waals surface area contributed by atoms with E-state index in [-0.39, 0.29) is 18.0 Å². The summed E-state index contributed by atoms with van der Waals surface area (Å²) in [6, 6.07) is 4.37. The summed E-state index contributed by atoms with van der Waals surface area (Å²) in [5.74, 6) is -6.65. The van der Waals surface area contributed by atoms with Crippen LogP contribution in [0.4, 0.5) is 23.2 Å². The van der Waals surface area contributed by atoms with E-state index in [4.69, 9.17) is 4.74 Å². The molecule has 1 N–H and O–H groups in total. The Hall–Kier alpha value is -1.79. The van der Waals surface area contributed by atoms with Gasteiger partial charge in [0.05, 0.1) is 12.3 Å². The van der Waals surface area contributed by atoms with Gasteiger partial charge in [0, 0.05) is 0 Å². The topological polar surface area (TPSA) is 38.3 Å². The Morgan fingerprint density at radius 2 is 2.05 bits per heavy atom. The lowest BCUT2D eigenvalue weighted by Crippen LogP contribution is -2.41. The fourth-order valence-corrected chi connectivity index (χ4v) is 1.31. The molecule has 0 radical (unpaired) electrons. The third kappa shape index (κ3) is 3.59. The molecule has 0 aliphatic heterocycles. The Bertz CT molecular complexity index is 463. The summed E-state index contributed by atoms with van der Waals surface area (Å²) < 4.78 is 54.9. The number of carbonyl (C=O) groups is 1. The number of aryl methyl sites for hydroxylation is 1. The Labute approximate surface area is 107 Å². The van der Waals surface area contributed by atoms with Gasteiger partial charge in [0.15, 0.2) is 0 Å². The van der Waals surface area contributed by atoms with Gasteiger partial charge in [-0.25, -0.2) is 8.78 Å². The van der Waals surface area contributed by atoms with E-state index in [2.05, 4.69) is 0 Å². The maximum Gasteiger partial charge on any atom is 0.383 e. The van der Waals surface area contributed by atoms with Crippen LogP contribution in [0.1, 0.15) is 12.5 Å². The van der Waals surface area contributed by atoms with E-state index in [1.54, 1.807) is 25.2 Å². The molecule has 1 aromatic rings. The van der Waals surface area contributed by atoms with Gasteiger partial charge in [-0.2, -0.15) is 8.78 Å². The molecule has 0 aliphatic rings. The first-order chi connectivity index (χ1) is 8.78. The maximum absolute atomic E-state index is 12.8. The lowest BCUT2D eigenvalue weighted by Gasteiger charge is -2.17. The van der Waals surface area contributed by atoms with E-state index in [0.717, 1.165) is 5.56 Å². The second-order valence-electron chi connectivity index (χ2n) is 3.81. The molecule has 7 heteroatoms. The number of rotatable bonds is 5. The summed E-state index contributed by atoms with van der Waals surface area (Å²) >= 11 is 0. The van der Waals surface area contributed by atoms with Crippen LogP contribution in [0.15, 0.2) is 18.2 Å². The van der Waals surface area contributed by atoms with Gasteiger partial charge in [-0.05, 0) is 31.5 Å². The molecule has 106 valence electrons. The Kier molecular flexibility index (Phi) is 4.74. The van der Waals surface area contributed by atoms with Crippen molar-refractivity contribution < 1.29 is 27.1 Å². The van der Waals surface area contributed by atoms with Gasteiger partial charge in [-0.3, -0.25) is 4.79 Å². The Balaban J connectivity index is 2.96. The SMILES string of the molecule is CCOc1cc(C)ccc1NC(=O)C(F)(F)C(F)F. The fraction of sp³-hybridized carbons (Fsp3) is 0.417. The number of nitrogens with one attached hydrogen (secondary N) is 1. The predicted octanol–water partition coefficient (Wildman–Crippen LogP) is 3.23. The zero-order valence-corrected chi connectivity index (χ0v) is 10.3. The molecule has 1 aromatic carbocycles. The van der Waals surface area contributed by atoms with Gasteiger partial charge in [-0.15, -0.1) is 0 Å². The molecule has 0 aromatic heterocycles. The molecule has 1 rings (SSSR count). The quantitative estimate of drug-likeness (QED) is 0.840. The third-order valence-corrected chi connectivity index (χ3v) is 2.26. The van der Waals surface area contributed by atoms with Crippen molar-refractivity contribution in [3.63, 3.8) is 0 Å². The average molecular weight is 279 g/mol. The number of hydrogen-bond donors (Lipinski definition) is 1. The average Bonchev–Trinajstić information content (AvgIpc) is 2.32. The van der Waals surface area contributed by atoms with Gasteiger partial charge < -0.3 is 10.1 Å². The fourth-order valence-electron chi connectivity index (χ4n) is 1.31. The highest BCUT2D eigenvalue weighted by Crippen LogP contribution is 2.29. The summed E-state index contributed by atoms with van der Waals surface area (Å²) in [5, 5.41) is 1.75. The van der Waals surface area contributed by atoms with Crippen LogP contribution in [0.25, 0.3) is 0 Å². The molecular weight excluding hydrogens is 266 g/mol. The number of halogens is 4. The van der Waals surface area contributed by atoms with Gasteiger partial charge in [-0.1, -0.05) is 6.07 Å². The highest BCUT2D eigenvalue weighted by atomic mass is 19.3. The molecule has 3 nitrogen and oxygen atoms in total.